The topological polar surface area (TPSA) is 68.5 Å². The van der Waals surface area contributed by atoms with Gasteiger partial charge in [0.15, 0.2) is 14.6 Å². The molecule has 0 atom stereocenters. The first kappa shape index (κ1) is 18.5. The van der Waals surface area contributed by atoms with Crippen molar-refractivity contribution in [1.29, 1.82) is 0 Å². The fourth-order valence-electron chi connectivity index (χ4n) is 2.66. The summed E-state index contributed by atoms with van der Waals surface area (Å²) in [5, 5.41) is 0. The van der Waals surface area contributed by atoms with Crippen LogP contribution >= 0.6 is 11.3 Å². The fourth-order valence-corrected chi connectivity index (χ4v) is 5.00. The molecule has 0 radical (unpaired) electrons. The van der Waals surface area contributed by atoms with Gasteiger partial charge in [-0.25, -0.2) is 8.42 Å². The molecule has 3 aromatic rings. The number of rotatable bonds is 5. The summed E-state index contributed by atoms with van der Waals surface area (Å²) < 4.78 is 27.7. The van der Waals surface area contributed by atoms with E-state index in [0.29, 0.717) is 11.3 Å². The Morgan fingerprint density at radius 3 is 2.50 bits per heavy atom. The van der Waals surface area contributed by atoms with Gasteiger partial charge in [-0.2, -0.15) is 4.99 Å². The van der Waals surface area contributed by atoms with Gasteiger partial charge in [-0.15, -0.1) is 0 Å². The van der Waals surface area contributed by atoms with E-state index in [1.54, 1.807) is 24.3 Å². The highest BCUT2D eigenvalue weighted by atomic mass is 32.2. The number of aromatic nitrogens is 1. The number of thiazole rings is 1. The first-order chi connectivity index (χ1) is 12.4. The third-order valence-corrected chi connectivity index (χ3v) is 6.88. The van der Waals surface area contributed by atoms with E-state index in [4.69, 9.17) is 0 Å². The van der Waals surface area contributed by atoms with Gasteiger partial charge in [-0.05, 0) is 38.1 Å². The number of hydrogen-bond donors (Lipinski definition) is 0. The Hall–Kier alpha value is -2.25. The van der Waals surface area contributed by atoms with Crippen LogP contribution in [-0.4, -0.2) is 24.6 Å². The minimum absolute atomic E-state index is 0.131. The van der Waals surface area contributed by atoms with E-state index in [2.05, 4.69) is 4.99 Å². The molecule has 0 aliphatic heterocycles. The Morgan fingerprint density at radius 2 is 1.81 bits per heavy atom. The van der Waals surface area contributed by atoms with Crippen LogP contribution in [0.15, 0.2) is 58.4 Å². The van der Waals surface area contributed by atoms with Gasteiger partial charge in [0.05, 0.1) is 20.9 Å². The van der Waals surface area contributed by atoms with E-state index < -0.39 is 15.7 Å². The van der Waals surface area contributed by atoms with Crippen LogP contribution in [0.2, 0.25) is 0 Å². The normalized spacial score (nSPS) is 12.6. The van der Waals surface area contributed by atoms with E-state index in [-0.39, 0.29) is 17.1 Å². The second-order valence-electron chi connectivity index (χ2n) is 5.98. The molecule has 0 bridgehead atoms. The van der Waals surface area contributed by atoms with Crippen molar-refractivity contribution in [2.45, 2.75) is 31.7 Å². The molecule has 1 heterocycles. The summed E-state index contributed by atoms with van der Waals surface area (Å²) in [5.41, 5.74) is 2.02. The fraction of sp³-hybridized carbons (Fsp3) is 0.263. The van der Waals surface area contributed by atoms with Crippen molar-refractivity contribution in [3.05, 3.63) is 58.9 Å². The van der Waals surface area contributed by atoms with Gasteiger partial charge in [-0.3, -0.25) is 4.79 Å². The third kappa shape index (κ3) is 3.94. The van der Waals surface area contributed by atoms with Crippen molar-refractivity contribution in [1.82, 2.24) is 4.57 Å². The lowest BCUT2D eigenvalue weighted by Gasteiger charge is -2.03. The monoisotopic (exact) mass is 388 g/mol. The number of sulfone groups is 1. The average molecular weight is 389 g/mol. The second kappa shape index (κ2) is 7.55. The van der Waals surface area contributed by atoms with E-state index in [1.807, 2.05) is 42.7 Å². The number of benzene rings is 2. The molecule has 0 saturated heterocycles. The Bertz CT molecular complexity index is 1110. The molecule has 2 aromatic carbocycles. The molecule has 0 fully saturated rings. The van der Waals surface area contributed by atoms with Crippen LogP contribution in [0.3, 0.4) is 0 Å². The minimum Gasteiger partial charge on any atom is -0.317 e. The molecule has 136 valence electrons. The molecule has 0 saturated carbocycles. The zero-order valence-corrected chi connectivity index (χ0v) is 16.3. The quantitative estimate of drug-likeness (QED) is 0.673. The molecule has 0 unspecified atom stereocenters. The molecular formula is C19H20N2O3S2. The summed E-state index contributed by atoms with van der Waals surface area (Å²) >= 11 is 1.43. The summed E-state index contributed by atoms with van der Waals surface area (Å²) in [7, 11) is -3.49. The molecular weight excluding hydrogens is 368 g/mol. The van der Waals surface area contributed by atoms with Crippen LogP contribution in [0.1, 0.15) is 18.9 Å². The Morgan fingerprint density at radius 1 is 1.12 bits per heavy atom. The van der Waals surface area contributed by atoms with Gasteiger partial charge in [-0.1, -0.05) is 41.2 Å². The van der Waals surface area contributed by atoms with Crippen molar-refractivity contribution in [3.63, 3.8) is 0 Å². The molecule has 26 heavy (non-hydrogen) atoms. The van der Waals surface area contributed by atoms with Gasteiger partial charge in [0, 0.05) is 13.0 Å². The van der Waals surface area contributed by atoms with E-state index in [9.17, 15) is 13.2 Å². The molecule has 7 heteroatoms. The van der Waals surface area contributed by atoms with Crippen molar-refractivity contribution < 1.29 is 13.2 Å². The van der Waals surface area contributed by atoms with Crippen LogP contribution < -0.4 is 4.80 Å². The Kier molecular flexibility index (Phi) is 5.38. The summed E-state index contributed by atoms with van der Waals surface area (Å²) in [6.45, 7) is 4.58. The molecule has 1 aromatic heterocycles. The maximum absolute atomic E-state index is 12.4. The van der Waals surface area contributed by atoms with Gasteiger partial charge in [0.25, 0.3) is 0 Å². The van der Waals surface area contributed by atoms with Crippen LogP contribution in [0.4, 0.5) is 0 Å². The highest BCUT2D eigenvalue weighted by molar-refractivity contribution is 7.91. The van der Waals surface area contributed by atoms with Gasteiger partial charge in [0.2, 0.25) is 5.91 Å². The largest absolute Gasteiger partial charge is 0.317 e. The summed E-state index contributed by atoms with van der Waals surface area (Å²) in [6.07, 6.45) is -0.131. The van der Waals surface area contributed by atoms with Crippen LogP contribution in [-0.2, 0) is 21.2 Å². The van der Waals surface area contributed by atoms with E-state index >= 15 is 0 Å². The van der Waals surface area contributed by atoms with Crippen LogP contribution in [0.5, 0.6) is 0 Å². The number of nitrogens with zero attached hydrogens (tertiary/aromatic N) is 2. The smallest absolute Gasteiger partial charge is 0.249 e. The van der Waals surface area contributed by atoms with E-state index in [0.717, 1.165) is 15.8 Å². The van der Waals surface area contributed by atoms with Crippen LogP contribution in [0, 0.1) is 6.92 Å². The lowest BCUT2D eigenvalue weighted by molar-refractivity contribution is -0.117. The Labute approximate surface area is 156 Å². The minimum atomic E-state index is -3.49. The predicted molar refractivity (Wildman–Crippen MR) is 104 cm³/mol. The van der Waals surface area contributed by atoms with Gasteiger partial charge in [0.1, 0.15) is 0 Å². The Balaban J connectivity index is 1.81. The molecule has 0 N–H and O–H groups in total. The summed E-state index contributed by atoms with van der Waals surface area (Å²) in [6, 6.07) is 14.5. The van der Waals surface area contributed by atoms with E-state index in [1.165, 1.54) is 11.3 Å². The van der Waals surface area contributed by atoms with Crippen molar-refractivity contribution in [2.24, 2.45) is 4.99 Å². The molecule has 0 aliphatic carbocycles. The number of para-hydroxylation sites is 1. The van der Waals surface area contributed by atoms with Gasteiger partial charge >= 0.3 is 0 Å². The lowest BCUT2D eigenvalue weighted by atomic mass is 10.2. The number of aryl methyl sites for hydroxylation is 2. The number of carbonyl (C=O) groups is 1. The van der Waals surface area contributed by atoms with Crippen molar-refractivity contribution in [2.75, 3.05) is 5.75 Å². The number of hydrogen-bond acceptors (Lipinski definition) is 4. The van der Waals surface area contributed by atoms with Crippen LogP contribution in [0.25, 0.3) is 10.2 Å². The standard InChI is InChI=1S/C19H20N2O3S2/c1-3-21-16-6-4-5-7-17(16)25-19(21)20-18(22)12-13-26(23,24)15-10-8-14(2)9-11-15/h4-11H,3,12-13H2,1-2H3. The number of amides is 1. The molecule has 0 spiro atoms. The SMILES string of the molecule is CCn1c(=NC(=O)CCS(=O)(=O)c2ccc(C)cc2)sc2ccccc21. The highest BCUT2D eigenvalue weighted by Gasteiger charge is 2.16. The molecule has 0 aliphatic rings. The zero-order valence-electron chi connectivity index (χ0n) is 14.7. The number of carbonyl (C=O) groups excluding carboxylic acids is 1. The second-order valence-corrected chi connectivity index (χ2v) is 9.10. The molecule has 3 rings (SSSR count). The summed E-state index contributed by atoms with van der Waals surface area (Å²) in [4.78, 5) is 17.2. The summed E-state index contributed by atoms with van der Waals surface area (Å²) in [5.74, 6) is -0.662. The average Bonchev–Trinajstić information content (AvgIpc) is 2.97. The first-order valence-corrected chi connectivity index (χ1v) is 10.8. The maximum atomic E-state index is 12.4. The predicted octanol–water partition coefficient (Wildman–Crippen LogP) is 3.32. The van der Waals surface area contributed by atoms with Crippen molar-refractivity contribution in [3.8, 4) is 0 Å². The van der Waals surface area contributed by atoms with Crippen molar-refractivity contribution >= 4 is 37.3 Å². The number of fused-ring (bicyclic) bond motifs is 1. The zero-order chi connectivity index (χ0) is 18.7. The maximum Gasteiger partial charge on any atom is 0.249 e. The highest BCUT2D eigenvalue weighted by Crippen LogP contribution is 2.17. The van der Waals surface area contributed by atoms with Gasteiger partial charge < -0.3 is 4.57 Å². The third-order valence-electron chi connectivity index (χ3n) is 4.09. The lowest BCUT2D eigenvalue weighted by Crippen LogP contribution is -2.17. The molecule has 1 amide bonds. The first-order valence-electron chi connectivity index (χ1n) is 8.36. The molecule has 5 nitrogen and oxygen atoms in total.